The molecule has 0 aliphatic rings. The van der Waals surface area contributed by atoms with E-state index in [1.807, 2.05) is 6.92 Å². The van der Waals surface area contributed by atoms with Gasteiger partial charge in [-0.2, -0.15) is 4.98 Å². The van der Waals surface area contributed by atoms with Gasteiger partial charge in [-0.3, -0.25) is 0 Å². The first-order chi connectivity index (χ1) is 7.77. The Hall–Kier alpha value is -0.900. The molecule has 1 atom stereocenters. The van der Waals surface area contributed by atoms with Crippen molar-refractivity contribution in [3.05, 3.63) is 11.7 Å². The molecule has 4 nitrogen and oxygen atoms in total. The summed E-state index contributed by atoms with van der Waals surface area (Å²) < 4.78 is 5.28. The quantitative estimate of drug-likeness (QED) is 0.802. The van der Waals surface area contributed by atoms with Gasteiger partial charge in [0.25, 0.3) is 0 Å². The summed E-state index contributed by atoms with van der Waals surface area (Å²) >= 11 is 0. The van der Waals surface area contributed by atoms with E-state index in [1.165, 1.54) is 12.8 Å². The lowest BCUT2D eigenvalue weighted by molar-refractivity contribution is 0.308. The summed E-state index contributed by atoms with van der Waals surface area (Å²) in [5.41, 5.74) is 5.65. The molecule has 4 heteroatoms. The van der Waals surface area contributed by atoms with Crippen LogP contribution >= 0.6 is 0 Å². The molecule has 17 heavy (non-hydrogen) atoms. The van der Waals surface area contributed by atoms with Crippen LogP contribution in [0.2, 0.25) is 0 Å². The Morgan fingerprint density at radius 1 is 1.18 bits per heavy atom. The van der Waals surface area contributed by atoms with Crippen LogP contribution in [0.15, 0.2) is 4.52 Å². The van der Waals surface area contributed by atoms with E-state index in [-0.39, 0.29) is 5.41 Å². The summed E-state index contributed by atoms with van der Waals surface area (Å²) in [6.45, 7) is 10.3. The molecule has 0 spiro atoms. The number of hydrogen-bond acceptors (Lipinski definition) is 4. The minimum absolute atomic E-state index is 0.120. The second-order valence-electron chi connectivity index (χ2n) is 6.05. The average Bonchev–Trinajstić information content (AvgIpc) is 2.66. The molecule has 1 unspecified atom stereocenters. The highest BCUT2D eigenvalue weighted by Crippen LogP contribution is 2.25. The first kappa shape index (κ1) is 14.2. The van der Waals surface area contributed by atoms with Crippen LogP contribution < -0.4 is 5.73 Å². The van der Waals surface area contributed by atoms with Gasteiger partial charge in [0.2, 0.25) is 5.89 Å². The average molecular weight is 239 g/mol. The highest BCUT2D eigenvalue weighted by atomic mass is 16.5. The maximum absolute atomic E-state index is 6.25. The van der Waals surface area contributed by atoms with E-state index in [2.05, 4.69) is 37.8 Å². The fourth-order valence-corrected chi connectivity index (χ4v) is 1.61. The molecular formula is C13H25N3O. The van der Waals surface area contributed by atoms with E-state index in [4.69, 9.17) is 10.3 Å². The minimum Gasteiger partial charge on any atom is -0.339 e. The Morgan fingerprint density at radius 3 is 2.29 bits per heavy atom. The number of aromatic nitrogens is 2. The molecule has 0 bridgehead atoms. The molecule has 1 aromatic heterocycles. The van der Waals surface area contributed by atoms with Crippen molar-refractivity contribution >= 4 is 0 Å². The summed E-state index contributed by atoms with van der Waals surface area (Å²) in [4.78, 5) is 4.43. The second kappa shape index (κ2) is 5.17. The smallest absolute Gasteiger partial charge is 0.232 e. The van der Waals surface area contributed by atoms with E-state index in [9.17, 15) is 0 Å². The summed E-state index contributed by atoms with van der Waals surface area (Å²) in [6.07, 6.45) is 4.37. The lowest BCUT2D eigenvalue weighted by Crippen LogP contribution is -2.34. The first-order valence-electron chi connectivity index (χ1n) is 6.41. The number of unbranched alkanes of at least 4 members (excludes halogenated alkanes) is 2. The molecular weight excluding hydrogens is 214 g/mol. The first-order valence-corrected chi connectivity index (χ1v) is 6.41. The Bertz CT molecular complexity index is 350. The molecule has 0 amide bonds. The maximum atomic E-state index is 6.25. The molecule has 1 rings (SSSR count). The Balaban J connectivity index is 2.74. The maximum Gasteiger partial charge on any atom is 0.232 e. The zero-order chi connectivity index (χ0) is 13.1. The minimum atomic E-state index is -0.484. The molecule has 0 fully saturated rings. The number of rotatable bonds is 5. The number of nitrogens with two attached hydrogens (primary N) is 1. The molecule has 0 saturated carbocycles. The molecule has 1 heterocycles. The Kier molecular flexibility index (Phi) is 4.31. The van der Waals surface area contributed by atoms with Gasteiger partial charge in [0.1, 0.15) is 0 Å². The predicted molar refractivity (Wildman–Crippen MR) is 68.7 cm³/mol. The van der Waals surface area contributed by atoms with Gasteiger partial charge in [0.15, 0.2) is 5.82 Å². The highest BCUT2D eigenvalue weighted by Gasteiger charge is 2.30. The van der Waals surface area contributed by atoms with Crippen molar-refractivity contribution < 1.29 is 4.52 Å². The van der Waals surface area contributed by atoms with Gasteiger partial charge in [-0.1, -0.05) is 52.1 Å². The van der Waals surface area contributed by atoms with Gasteiger partial charge in [-0.05, 0) is 13.3 Å². The van der Waals surface area contributed by atoms with Crippen LogP contribution in [0.3, 0.4) is 0 Å². The van der Waals surface area contributed by atoms with Crippen molar-refractivity contribution in [3.63, 3.8) is 0 Å². The zero-order valence-electron chi connectivity index (χ0n) is 11.7. The van der Waals surface area contributed by atoms with E-state index in [1.54, 1.807) is 0 Å². The van der Waals surface area contributed by atoms with Crippen molar-refractivity contribution in [2.24, 2.45) is 5.73 Å². The molecule has 98 valence electrons. The summed E-state index contributed by atoms with van der Waals surface area (Å²) in [5.74, 6) is 1.28. The van der Waals surface area contributed by atoms with Crippen LogP contribution in [0.4, 0.5) is 0 Å². The lowest BCUT2D eigenvalue weighted by atomic mass is 9.94. The Labute approximate surface area is 104 Å². The van der Waals surface area contributed by atoms with Crippen LogP contribution in [-0.4, -0.2) is 10.1 Å². The summed E-state index contributed by atoms with van der Waals surface area (Å²) in [7, 11) is 0. The van der Waals surface area contributed by atoms with Gasteiger partial charge >= 0.3 is 0 Å². The van der Waals surface area contributed by atoms with Crippen LogP contribution in [0.5, 0.6) is 0 Å². The third-order valence-corrected chi connectivity index (χ3v) is 2.88. The molecule has 0 saturated heterocycles. The topological polar surface area (TPSA) is 64.9 Å². The van der Waals surface area contributed by atoms with Gasteiger partial charge in [0, 0.05) is 5.41 Å². The SMILES string of the molecule is CCCCCC(C)(N)c1noc(C(C)(C)C)n1. The fourth-order valence-electron chi connectivity index (χ4n) is 1.61. The molecule has 0 aromatic carbocycles. The Morgan fingerprint density at radius 2 is 1.82 bits per heavy atom. The van der Waals surface area contributed by atoms with Crippen LogP contribution in [-0.2, 0) is 11.0 Å². The van der Waals surface area contributed by atoms with Crippen molar-refractivity contribution in [3.8, 4) is 0 Å². The number of nitrogens with zero attached hydrogens (tertiary/aromatic N) is 2. The summed E-state index contributed by atoms with van der Waals surface area (Å²) in [6, 6.07) is 0. The molecule has 2 N–H and O–H groups in total. The third-order valence-electron chi connectivity index (χ3n) is 2.88. The number of hydrogen-bond donors (Lipinski definition) is 1. The van der Waals surface area contributed by atoms with Crippen molar-refractivity contribution in [1.29, 1.82) is 0 Å². The zero-order valence-corrected chi connectivity index (χ0v) is 11.7. The van der Waals surface area contributed by atoms with Crippen LogP contribution in [0.25, 0.3) is 0 Å². The van der Waals surface area contributed by atoms with Crippen molar-refractivity contribution in [2.75, 3.05) is 0 Å². The van der Waals surface area contributed by atoms with E-state index in [0.29, 0.717) is 11.7 Å². The van der Waals surface area contributed by atoms with Crippen LogP contribution in [0.1, 0.15) is 72.0 Å². The van der Waals surface area contributed by atoms with E-state index < -0.39 is 5.54 Å². The van der Waals surface area contributed by atoms with Crippen LogP contribution in [0, 0.1) is 0 Å². The predicted octanol–water partition coefficient (Wildman–Crippen LogP) is 3.12. The van der Waals surface area contributed by atoms with Crippen molar-refractivity contribution in [2.45, 2.75) is 71.3 Å². The van der Waals surface area contributed by atoms with E-state index >= 15 is 0 Å². The molecule has 0 radical (unpaired) electrons. The van der Waals surface area contributed by atoms with Gasteiger partial charge in [0.05, 0.1) is 5.54 Å². The summed E-state index contributed by atoms with van der Waals surface area (Å²) in [5, 5.41) is 4.02. The second-order valence-corrected chi connectivity index (χ2v) is 6.05. The standard InChI is InChI=1S/C13H25N3O/c1-6-7-8-9-13(5,14)10-15-11(17-16-10)12(2,3)4/h6-9,14H2,1-5H3. The third kappa shape index (κ3) is 3.80. The monoisotopic (exact) mass is 239 g/mol. The van der Waals surface area contributed by atoms with Crippen molar-refractivity contribution in [1.82, 2.24) is 10.1 Å². The van der Waals surface area contributed by atoms with Gasteiger partial charge in [-0.25, -0.2) is 0 Å². The lowest BCUT2D eigenvalue weighted by Gasteiger charge is -2.20. The fraction of sp³-hybridized carbons (Fsp3) is 0.846. The molecule has 0 aliphatic carbocycles. The normalized spacial score (nSPS) is 15.9. The molecule has 1 aromatic rings. The largest absolute Gasteiger partial charge is 0.339 e. The molecule has 0 aliphatic heterocycles. The van der Waals surface area contributed by atoms with Gasteiger partial charge < -0.3 is 10.3 Å². The van der Waals surface area contributed by atoms with Gasteiger partial charge in [-0.15, -0.1) is 0 Å². The highest BCUT2D eigenvalue weighted by molar-refractivity contribution is 5.05. The van der Waals surface area contributed by atoms with E-state index in [0.717, 1.165) is 12.8 Å².